The summed E-state index contributed by atoms with van der Waals surface area (Å²) >= 11 is 0. The average Bonchev–Trinajstić information content (AvgIpc) is 2.94. The van der Waals surface area contributed by atoms with Crippen LogP contribution in [0.25, 0.3) is 0 Å². The number of fused-ring (bicyclic) bond motifs is 2. The van der Waals surface area contributed by atoms with Gasteiger partial charge in [-0.3, -0.25) is 4.90 Å². The zero-order chi connectivity index (χ0) is 16.1. The molecule has 2 saturated heterocycles. The SMILES string of the molecule is CCCCN1CC(=C(C)C)[C@H]2C[C@H]3OC(C)(C)O[C@H]3[C@H](O)[C@H]21. The van der Waals surface area contributed by atoms with Crippen molar-refractivity contribution in [2.75, 3.05) is 13.1 Å². The second-order valence-corrected chi connectivity index (χ2v) is 7.81. The molecule has 3 rings (SSSR count). The molecule has 2 heterocycles. The summed E-state index contributed by atoms with van der Waals surface area (Å²) in [5.74, 6) is -0.162. The Hall–Kier alpha value is -0.420. The van der Waals surface area contributed by atoms with Crippen molar-refractivity contribution in [3.63, 3.8) is 0 Å². The molecule has 0 aromatic heterocycles. The Morgan fingerprint density at radius 3 is 2.68 bits per heavy atom. The van der Waals surface area contributed by atoms with Crippen molar-refractivity contribution >= 4 is 0 Å². The number of likely N-dealkylation sites (tertiary alicyclic amines) is 1. The normalized spacial score (nSPS) is 40.6. The number of hydrogen-bond donors (Lipinski definition) is 1. The van der Waals surface area contributed by atoms with Crippen molar-refractivity contribution in [1.29, 1.82) is 0 Å². The zero-order valence-electron chi connectivity index (χ0n) is 14.6. The largest absolute Gasteiger partial charge is 0.389 e. The van der Waals surface area contributed by atoms with Gasteiger partial charge in [-0.25, -0.2) is 0 Å². The third-order valence-corrected chi connectivity index (χ3v) is 5.49. The maximum atomic E-state index is 11.0. The lowest BCUT2D eigenvalue weighted by Crippen LogP contribution is -2.55. The van der Waals surface area contributed by atoms with Crippen LogP contribution in [0.3, 0.4) is 0 Å². The third-order valence-electron chi connectivity index (χ3n) is 5.49. The number of rotatable bonds is 3. The highest BCUT2D eigenvalue weighted by molar-refractivity contribution is 5.26. The molecule has 2 aliphatic heterocycles. The van der Waals surface area contributed by atoms with Gasteiger partial charge in [0, 0.05) is 18.5 Å². The van der Waals surface area contributed by atoms with Gasteiger partial charge in [0.1, 0.15) is 6.10 Å². The standard InChI is InChI=1S/C18H31NO3/c1-6-7-8-19-10-13(11(2)3)12-9-14-17(16(20)15(12)19)22-18(4,5)21-14/h12,14-17,20H,6-10H2,1-5H3/t12-,14-,15+,16-,17-/m1/s1. The van der Waals surface area contributed by atoms with Crippen LogP contribution in [0.4, 0.5) is 0 Å². The van der Waals surface area contributed by atoms with Gasteiger partial charge in [-0.05, 0) is 47.1 Å². The number of unbranched alkanes of at least 4 members (excludes halogenated alkanes) is 1. The van der Waals surface area contributed by atoms with Crippen LogP contribution in [0.1, 0.15) is 53.9 Å². The lowest BCUT2D eigenvalue weighted by atomic mass is 9.77. The van der Waals surface area contributed by atoms with E-state index in [1.165, 1.54) is 24.0 Å². The molecule has 0 aromatic carbocycles. The molecule has 0 aromatic rings. The van der Waals surface area contributed by atoms with Gasteiger partial charge in [0.2, 0.25) is 0 Å². The van der Waals surface area contributed by atoms with Crippen LogP contribution in [0.2, 0.25) is 0 Å². The highest BCUT2D eigenvalue weighted by atomic mass is 16.8. The first kappa shape index (κ1) is 16.4. The number of hydrogen-bond acceptors (Lipinski definition) is 4. The van der Waals surface area contributed by atoms with E-state index in [1.54, 1.807) is 0 Å². The molecule has 3 fully saturated rings. The molecule has 0 bridgehead atoms. The lowest BCUT2D eigenvalue weighted by molar-refractivity contribution is -0.156. The number of aliphatic hydroxyl groups excluding tert-OH is 1. The van der Waals surface area contributed by atoms with Crippen LogP contribution < -0.4 is 0 Å². The van der Waals surface area contributed by atoms with E-state index in [0.29, 0.717) is 5.92 Å². The van der Waals surface area contributed by atoms with Gasteiger partial charge in [-0.2, -0.15) is 0 Å². The highest BCUT2D eigenvalue weighted by Crippen LogP contribution is 2.47. The fraction of sp³-hybridized carbons (Fsp3) is 0.889. The van der Waals surface area contributed by atoms with E-state index in [4.69, 9.17) is 9.47 Å². The van der Waals surface area contributed by atoms with Crippen molar-refractivity contribution in [2.24, 2.45) is 5.92 Å². The second kappa shape index (κ2) is 5.90. The smallest absolute Gasteiger partial charge is 0.163 e. The molecular weight excluding hydrogens is 278 g/mol. The molecule has 4 nitrogen and oxygen atoms in total. The van der Waals surface area contributed by atoms with Gasteiger partial charge in [-0.1, -0.05) is 24.5 Å². The molecule has 22 heavy (non-hydrogen) atoms. The van der Waals surface area contributed by atoms with Gasteiger partial charge in [-0.15, -0.1) is 0 Å². The first-order valence-corrected chi connectivity index (χ1v) is 8.78. The number of ether oxygens (including phenoxy) is 2. The monoisotopic (exact) mass is 309 g/mol. The maximum Gasteiger partial charge on any atom is 0.163 e. The predicted molar refractivity (Wildman–Crippen MR) is 86.6 cm³/mol. The summed E-state index contributed by atoms with van der Waals surface area (Å²) in [5, 5.41) is 11.0. The Kier molecular flexibility index (Phi) is 4.41. The van der Waals surface area contributed by atoms with E-state index in [0.717, 1.165) is 19.5 Å². The first-order valence-electron chi connectivity index (χ1n) is 8.78. The lowest BCUT2D eigenvalue weighted by Gasteiger charge is -2.40. The van der Waals surface area contributed by atoms with E-state index < -0.39 is 11.9 Å². The van der Waals surface area contributed by atoms with Gasteiger partial charge in [0.15, 0.2) is 5.79 Å². The summed E-state index contributed by atoms with van der Waals surface area (Å²) in [5.41, 5.74) is 2.91. The molecule has 3 aliphatic rings. The molecule has 4 heteroatoms. The Bertz CT molecular complexity index is 455. The summed E-state index contributed by atoms with van der Waals surface area (Å²) in [6, 6.07) is 0.190. The van der Waals surface area contributed by atoms with Gasteiger partial charge in [0.05, 0.1) is 12.2 Å². The average molecular weight is 309 g/mol. The minimum atomic E-state index is -0.575. The van der Waals surface area contributed by atoms with Crippen LogP contribution in [-0.2, 0) is 9.47 Å². The summed E-state index contributed by atoms with van der Waals surface area (Å²) in [6.07, 6.45) is 2.72. The summed E-state index contributed by atoms with van der Waals surface area (Å²) in [6.45, 7) is 12.6. The summed E-state index contributed by atoms with van der Waals surface area (Å²) in [4.78, 5) is 2.48. The quantitative estimate of drug-likeness (QED) is 0.814. The molecule has 0 unspecified atom stereocenters. The van der Waals surface area contributed by atoms with Crippen molar-refractivity contribution in [3.8, 4) is 0 Å². The third kappa shape index (κ3) is 2.75. The summed E-state index contributed by atoms with van der Waals surface area (Å²) in [7, 11) is 0. The molecule has 1 saturated carbocycles. The summed E-state index contributed by atoms with van der Waals surface area (Å²) < 4.78 is 12.1. The minimum absolute atomic E-state index is 0.0201. The molecule has 0 amide bonds. The fourth-order valence-electron chi connectivity index (χ4n) is 4.54. The Labute approximate surface area is 134 Å². The van der Waals surface area contributed by atoms with Crippen LogP contribution in [0.5, 0.6) is 0 Å². The highest BCUT2D eigenvalue weighted by Gasteiger charge is 2.56. The van der Waals surface area contributed by atoms with Crippen LogP contribution in [0.15, 0.2) is 11.1 Å². The molecule has 5 atom stereocenters. The van der Waals surface area contributed by atoms with Gasteiger partial charge < -0.3 is 14.6 Å². The van der Waals surface area contributed by atoms with Crippen molar-refractivity contribution in [3.05, 3.63) is 11.1 Å². The van der Waals surface area contributed by atoms with Gasteiger partial charge in [0.25, 0.3) is 0 Å². The van der Waals surface area contributed by atoms with E-state index in [9.17, 15) is 5.11 Å². The predicted octanol–water partition coefficient (Wildman–Crippen LogP) is 2.71. The van der Waals surface area contributed by atoms with E-state index >= 15 is 0 Å². The molecule has 1 aliphatic carbocycles. The molecule has 1 N–H and O–H groups in total. The van der Waals surface area contributed by atoms with Crippen molar-refractivity contribution in [1.82, 2.24) is 4.90 Å². The Morgan fingerprint density at radius 1 is 1.32 bits per heavy atom. The topological polar surface area (TPSA) is 41.9 Å². The van der Waals surface area contributed by atoms with Crippen LogP contribution in [0, 0.1) is 5.92 Å². The number of allylic oxidation sites excluding steroid dienone is 1. The van der Waals surface area contributed by atoms with E-state index in [2.05, 4.69) is 25.7 Å². The second-order valence-electron chi connectivity index (χ2n) is 7.81. The first-order chi connectivity index (χ1) is 10.3. The molecule has 126 valence electrons. The van der Waals surface area contributed by atoms with Gasteiger partial charge >= 0.3 is 0 Å². The van der Waals surface area contributed by atoms with E-state index in [-0.39, 0.29) is 18.2 Å². The fourth-order valence-corrected chi connectivity index (χ4v) is 4.54. The maximum absolute atomic E-state index is 11.0. The zero-order valence-corrected chi connectivity index (χ0v) is 14.6. The van der Waals surface area contributed by atoms with Crippen molar-refractivity contribution < 1.29 is 14.6 Å². The van der Waals surface area contributed by atoms with Crippen LogP contribution in [-0.4, -0.2) is 53.2 Å². The molecule has 0 spiro atoms. The number of aliphatic hydroxyl groups is 1. The van der Waals surface area contributed by atoms with Crippen LogP contribution >= 0.6 is 0 Å². The Morgan fingerprint density at radius 2 is 2.05 bits per heavy atom. The van der Waals surface area contributed by atoms with E-state index in [1.807, 2.05) is 13.8 Å². The van der Waals surface area contributed by atoms with Crippen molar-refractivity contribution in [2.45, 2.75) is 84.0 Å². The molecule has 0 radical (unpaired) electrons. The molecular formula is C18H31NO3. The number of nitrogens with zero attached hydrogens (tertiary/aromatic N) is 1. The Balaban J connectivity index is 1.87. The minimum Gasteiger partial charge on any atom is -0.389 e.